The Morgan fingerprint density at radius 1 is 1.27 bits per heavy atom. The first-order chi connectivity index (χ1) is 10.7. The van der Waals surface area contributed by atoms with Crippen LogP contribution in [0.2, 0.25) is 0 Å². The number of para-hydroxylation sites is 1. The van der Waals surface area contributed by atoms with Crippen LogP contribution in [0.4, 0.5) is 0 Å². The monoisotopic (exact) mass is 321 g/mol. The highest BCUT2D eigenvalue weighted by molar-refractivity contribution is 7.99. The molecule has 0 aliphatic heterocycles. The minimum Gasteiger partial charge on any atom is -0.494 e. The third-order valence-electron chi connectivity index (χ3n) is 4.27. The van der Waals surface area contributed by atoms with Crippen LogP contribution in [0.1, 0.15) is 44.6 Å². The molecule has 0 unspecified atom stereocenters. The Morgan fingerprint density at radius 2 is 2.00 bits per heavy atom. The van der Waals surface area contributed by atoms with Gasteiger partial charge in [0.05, 0.1) is 12.4 Å². The Labute approximate surface area is 138 Å². The van der Waals surface area contributed by atoms with Gasteiger partial charge in [-0.05, 0) is 25.8 Å². The molecule has 1 fully saturated rings. The molecule has 0 aromatic heterocycles. The van der Waals surface area contributed by atoms with Crippen molar-refractivity contribution in [1.29, 1.82) is 0 Å². The fourth-order valence-corrected chi connectivity index (χ4v) is 3.88. The molecule has 0 atom stereocenters. The Kier molecular flexibility index (Phi) is 7.10. The van der Waals surface area contributed by atoms with Gasteiger partial charge < -0.3 is 9.64 Å². The van der Waals surface area contributed by atoms with Gasteiger partial charge in [0.15, 0.2) is 0 Å². The molecule has 122 valence electrons. The highest BCUT2D eigenvalue weighted by atomic mass is 32.2. The average Bonchev–Trinajstić information content (AvgIpc) is 2.56. The summed E-state index contributed by atoms with van der Waals surface area (Å²) in [5.41, 5.74) is 1.17. The van der Waals surface area contributed by atoms with Gasteiger partial charge in [0, 0.05) is 24.4 Å². The Balaban J connectivity index is 1.79. The average molecular weight is 321 g/mol. The van der Waals surface area contributed by atoms with E-state index in [4.69, 9.17) is 4.74 Å². The SMILES string of the molecule is CCOc1ccccc1CSCC(=O)N(C)C1CCCCC1. The second-order valence-corrected chi connectivity index (χ2v) is 6.82. The van der Waals surface area contributed by atoms with Crippen molar-refractivity contribution in [2.45, 2.75) is 50.8 Å². The van der Waals surface area contributed by atoms with Gasteiger partial charge in [-0.3, -0.25) is 4.79 Å². The fourth-order valence-electron chi connectivity index (χ4n) is 2.94. The standard InChI is InChI=1S/C18H27NO2S/c1-3-21-17-12-8-7-9-15(17)13-22-14-18(20)19(2)16-10-5-4-6-11-16/h7-9,12,16H,3-6,10-11,13-14H2,1-2H3. The summed E-state index contributed by atoms with van der Waals surface area (Å²) in [7, 11) is 1.97. The molecule has 3 nitrogen and oxygen atoms in total. The molecule has 0 heterocycles. The summed E-state index contributed by atoms with van der Waals surface area (Å²) in [5, 5.41) is 0. The number of carbonyl (C=O) groups excluding carboxylic acids is 1. The maximum atomic E-state index is 12.3. The number of ether oxygens (including phenoxy) is 1. The first-order valence-electron chi connectivity index (χ1n) is 8.26. The Morgan fingerprint density at radius 3 is 2.73 bits per heavy atom. The highest BCUT2D eigenvalue weighted by Crippen LogP contribution is 2.25. The van der Waals surface area contributed by atoms with Crippen LogP contribution >= 0.6 is 11.8 Å². The molecule has 4 heteroatoms. The lowest BCUT2D eigenvalue weighted by Crippen LogP contribution is -2.39. The van der Waals surface area contributed by atoms with E-state index >= 15 is 0 Å². The van der Waals surface area contributed by atoms with Crippen molar-refractivity contribution >= 4 is 17.7 Å². The van der Waals surface area contributed by atoms with Crippen LogP contribution in [0.15, 0.2) is 24.3 Å². The minimum atomic E-state index is 0.255. The van der Waals surface area contributed by atoms with Crippen LogP contribution in [0, 0.1) is 0 Å². The smallest absolute Gasteiger partial charge is 0.232 e. The van der Waals surface area contributed by atoms with E-state index in [1.807, 2.05) is 37.1 Å². The molecule has 2 rings (SSSR count). The topological polar surface area (TPSA) is 29.5 Å². The van der Waals surface area contributed by atoms with Gasteiger partial charge >= 0.3 is 0 Å². The van der Waals surface area contributed by atoms with Crippen molar-refractivity contribution in [2.24, 2.45) is 0 Å². The van der Waals surface area contributed by atoms with E-state index in [0.29, 0.717) is 18.4 Å². The number of carbonyl (C=O) groups is 1. The van der Waals surface area contributed by atoms with Crippen LogP contribution in [-0.2, 0) is 10.5 Å². The van der Waals surface area contributed by atoms with E-state index in [1.165, 1.54) is 37.7 Å². The summed E-state index contributed by atoms with van der Waals surface area (Å²) in [5.74, 6) is 2.56. The number of hydrogen-bond acceptors (Lipinski definition) is 3. The van der Waals surface area contributed by atoms with Crippen LogP contribution < -0.4 is 4.74 Å². The molecular weight excluding hydrogens is 294 g/mol. The maximum absolute atomic E-state index is 12.3. The van der Waals surface area contributed by atoms with Gasteiger partial charge in [0.25, 0.3) is 0 Å². The molecule has 0 N–H and O–H groups in total. The van der Waals surface area contributed by atoms with E-state index in [0.717, 1.165) is 11.5 Å². The van der Waals surface area contributed by atoms with Crippen LogP contribution in [-0.4, -0.2) is 36.3 Å². The molecule has 1 aliphatic rings. The van der Waals surface area contributed by atoms with Gasteiger partial charge in [0.1, 0.15) is 5.75 Å². The van der Waals surface area contributed by atoms with Gasteiger partial charge in [-0.25, -0.2) is 0 Å². The Hall–Kier alpha value is -1.16. The molecule has 0 bridgehead atoms. The molecule has 1 aromatic rings. The van der Waals surface area contributed by atoms with Gasteiger partial charge in [-0.2, -0.15) is 0 Å². The number of hydrogen-bond donors (Lipinski definition) is 0. The number of benzene rings is 1. The first kappa shape index (κ1) is 17.2. The summed E-state index contributed by atoms with van der Waals surface area (Å²) in [6.45, 7) is 2.66. The lowest BCUT2D eigenvalue weighted by atomic mass is 9.94. The molecule has 0 spiro atoms. The molecule has 22 heavy (non-hydrogen) atoms. The van der Waals surface area contributed by atoms with Crippen molar-refractivity contribution in [3.05, 3.63) is 29.8 Å². The van der Waals surface area contributed by atoms with E-state index in [1.54, 1.807) is 11.8 Å². The molecule has 1 saturated carbocycles. The molecular formula is C18H27NO2S. The van der Waals surface area contributed by atoms with E-state index in [-0.39, 0.29) is 5.91 Å². The third kappa shape index (κ3) is 4.94. The summed E-state index contributed by atoms with van der Waals surface area (Å²) in [6.07, 6.45) is 6.18. The molecule has 1 aromatic carbocycles. The first-order valence-corrected chi connectivity index (χ1v) is 9.42. The number of thioether (sulfide) groups is 1. The van der Waals surface area contributed by atoms with Gasteiger partial charge in [-0.1, -0.05) is 37.5 Å². The third-order valence-corrected chi connectivity index (χ3v) is 5.24. The summed E-state index contributed by atoms with van der Waals surface area (Å²) in [6, 6.07) is 8.54. The number of amides is 1. The second kappa shape index (κ2) is 9.09. The van der Waals surface area contributed by atoms with Gasteiger partial charge in [0.2, 0.25) is 5.91 Å². The normalized spacial score (nSPS) is 15.5. The zero-order valence-corrected chi connectivity index (χ0v) is 14.5. The van der Waals surface area contributed by atoms with Crippen LogP contribution in [0.5, 0.6) is 5.75 Å². The summed E-state index contributed by atoms with van der Waals surface area (Å²) >= 11 is 1.68. The van der Waals surface area contributed by atoms with Crippen molar-refractivity contribution in [2.75, 3.05) is 19.4 Å². The predicted molar refractivity (Wildman–Crippen MR) is 93.4 cm³/mol. The zero-order valence-electron chi connectivity index (χ0n) is 13.7. The maximum Gasteiger partial charge on any atom is 0.232 e. The quantitative estimate of drug-likeness (QED) is 0.757. The second-order valence-electron chi connectivity index (χ2n) is 5.83. The Bertz CT molecular complexity index is 472. The molecule has 0 radical (unpaired) electrons. The lowest BCUT2D eigenvalue weighted by Gasteiger charge is -2.31. The van der Waals surface area contributed by atoms with Crippen molar-refractivity contribution in [3.8, 4) is 5.75 Å². The van der Waals surface area contributed by atoms with E-state index in [9.17, 15) is 4.79 Å². The molecule has 0 saturated heterocycles. The summed E-state index contributed by atoms with van der Waals surface area (Å²) < 4.78 is 5.63. The number of rotatable bonds is 7. The van der Waals surface area contributed by atoms with E-state index < -0.39 is 0 Å². The minimum absolute atomic E-state index is 0.255. The van der Waals surface area contributed by atoms with Crippen molar-refractivity contribution in [1.82, 2.24) is 4.90 Å². The van der Waals surface area contributed by atoms with Crippen molar-refractivity contribution < 1.29 is 9.53 Å². The predicted octanol–water partition coefficient (Wildman–Crippen LogP) is 4.11. The highest BCUT2D eigenvalue weighted by Gasteiger charge is 2.21. The van der Waals surface area contributed by atoms with Crippen LogP contribution in [0.25, 0.3) is 0 Å². The van der Waals surface area contributed by atoms with Crippen molar-refractivity contribution in [3.63, 3.8) is 0 Å². The van der Waals surface area contributed by atoms with Gasteiger partial charge in [-0.15, -0.1) is 11.8 Å². The molecule has 1 aliphatic carbocycles. The molecule has 1 amide bonds. The lowest BCUT2D eigenvalue weighted by molar-refractivity contribution is -0.129. The summed E-state index contributed by atoms with van der Waals surface area (Å²) in [4.78, 5) is 14.3. The fraction of sp³-hybridized carbons (Fsp3) is 0.611. The van der Waals surface area contributed by atoms with E-state index in [2.05, 4.69) is 6.07 Å². The van der Waals surface area contributed by atoms with Crippen LogP contribution in [0.3, 0.4) is 0 Å². The largest absolute Gasteiger partial charge is 0.494 e. The zero-order chi connectivity index (χ0) is 15.8. The number of nitrogens with zero attached hydrogens (tertiary/aromatic N) is 1.